The van der Waals surface area contributed by atoms with Crippen LogP contribution in [-0.2, 0) is 4.79 Å². The third kappa shape index (κ3) is 3.93. The van der Waals surface area contributed by atoms with Crippen LogP contribution in [0.2, 0.25) is 5.02 Å². The fourth-order valence-corrected chi connectivity index (χ4v) is 1.52. The number of benzene rings is 1. The Labute approximate surface area is 114 Å². The maximum Gasteiger partial charge on any atom is 0.262 e. The van der Waals surface area contributed by atoms with Gasteiger partial charge < -0.3 is 10.1 Å². The Morgan fingerprint density at radius 2 is 2.21 bits per heavy atom. The van der Waals surface area contributed by atoms with E-state index in [0.29, 0.717) is 11.6 Å². The molecule has 0 radical (unpaired) electrons. The van der Waals surface area contributed by atoms with E-state index in [-0.39, 0.29) is 17.5 Å². The lowest BCUT2D eigenvalue weighted by Crippen LogP contribution is -2.20. The number of halogens is 2. The molecule has 19 heavy (non-hydrogen) atoms. The fourth-order valence-electron chi connectivity index (χ4n) is 1.34. The molecule has 0 saturated carbocycles. The summed E-state index contributed by atoms with van der Waals surface area (Å²) in [6, 6.07) is 9.06. The summed E-state index contributed by atoms with van der Waals surface area (Å²) in [4.78, 5) is 15.5. The molecule has 0 aliphatic carbocycles. The molecule has 0 saturated heterocycles. The maximum absolute atomic E-state index is 12.9. The summed E-state index contributed by atoms with van der Waals surface area (Å²) >= 11 is 5.60. The number of aromatic nitrogens is 1. The van der Waals surface area contributed by atoms with Crippen molar-refractivity contribution >= 4 is 23.2 Å². The fraction of sp³-hybridized carbons (Fsp3) is 0.0769. The number of amides is 1. The van der Waals surface area contributed by atoms with Crippen molar-refractivity contribution in [2.45, 2.75) is 0 Å². The first kappa shape index (κ1) is 13.3. The molecule has 0 unspecified atom stereocenters. The second-order valence-electron chi connectivity index (χ2n) is 3.63. The zero-order valence-corrected chi connectivity index (χ0v) is 10.5. The van der Waals surface area contributed by atoms with Crippen LogP contribution in [0.1, 0.15) is 0 Å². The predicted octanol–water partition coefficient (Wildman–Crippen LogP) is 2.89. The van der Waals surface area contributed by atoms with Crippen molar-refractivity contribution < 1.29 is 13.9 Å². The highest BCUT2D eigenvalue weighted by molar-refractivity contribution is 6.31. The summed E-state index contributed by atoms with van der Waals surface area (Å²) < 4.78 is 18.1. The molecule has 1 aromatic carbocycles. The highest BCUT2D eigenvalue weighted by Crippen LogP contribution is 2.19. The first-order valence-corrected chi connectivity index (χ1v) is 5.81. The Hall–Kier alpha value is -2.14. The maximum atomic E-state index is 12.9. The van der Waals surface area contributed by atoms with Crippen molar-refractivity contribution in [3.05, 3.63) is 53.4 Å². The van der Waals surface area contributed by atoms with E-state index in [1.165, 1.54) is 18.2 Å². The number of nitrogens with one attached hydrogen (secondary N) is 1. The molecule has 98 valence electrons. The van der Waals surface area contributed by atoms with Crippen molar-refractivity contribution in [1.82, 2.24) is 4.98 Å². The molecule has 1 N–H and O–H groups in total. The van der Waals surface area contributed by atoms with Gasteiger partial charge in [-0.15, -0.1) is 0 Å². The molecule has 0 fully saturated rings. The molecule has 2 rings (SSSR count). The smallest absolute Gasteiger partial charge is 0.262 e. The molecule has 0 spiro atoms. The SMILES string of the molecule is O=C(COc1ccccn1)Nc1ccc(F)c(Cl)c1. The Morgan fingerprint density at radius 1 is 1.37 bits per heavy atom. The summed E-state index contributed by atoms with van der Waals surface area (Å²) in [5.74, 6) is -0.562. The molecule has 0 atom stereocenters. The van der Waals surface area contributed by atoms with Gasteiger partial charge in [0.25, 0.3) is 5.91 Å². The Balaban J connectivity index is 1.89. The van der Waals surface area contributed by atoms with Crippen LogP contribution < -0.4 is 10.1 Å². The van der Waals surface area contributed by atoms with Gasteiger partial charge in [-0.1, -0.05) is 17.7 Å². The number of carbonyl (C=O) groups is 1. The van der Waals surface area contributed by atoms with Gasteiger partial charge in [0.1, 0.15) is 5.82 Å². The number of hydrogen-bond donors (Lipinski definition) is 1. The first-order valence-electron chi connectivity index (χ1n) is 5.44. The second-order valence-corrected chi connectivity index (χ2v) is 4.04. The van der Waals surface area contributed by atoms with Crippen molar-refractivity contribution in [2.24, 2.45) is 0 Å². The van der Waals surface area contributed by atoms with Gasteiger partial charge in [-0.2, -0.15) is 0 Å². The largest absolute Gasteiger partial charge is 0.468 e. The van der Waals surface area contributed by atoms with Gasteiger partial charge in [0, 0.05) is 18.0 Å². The predicted molar refractivity (Wildman–Crippen MR) is 69.8 cm³/mol. The van der Waals surface area contributed by atoms with Crippen LogP contribution in [0.4, 0.5) is 10.1 Å². The van der Waals surface area contributed by atoms with E-state index in [1.807, 2.05) is 0 Å². The van der Waals surface area contributed by atoms with Gasteiger partial charge in [-0.05, 0) is 24.3 Å². The average Bonchev–Trinajstić information content (AvgIpc) is 2.42. The van der Waals surface area contributed by atoms with Gasteiger partial charge in [0.2, 0.25) is 5.88 Å². The number of ether oxygens (including phenoxy) is 1. The van der Waals surface area contributed by atoms with Crippen LogP contribution >= 0.6 is 11.6 Å². The van der Waals surface area contributed by atoms with Gasteiger partial charge in [0.05, 0.1) is 5.02 Å². The van der Waals surface area contributed by atoms with Crippen LogP contribution in [0.3, 0.4) is 0 Å². The van der Waals surface area contributed by atoms with Crippen LogP contribution in [0, 0.1) is 5.82 Å². The zero-order valence-electron chi connectivity index (χ0n) is 9.77. The Morgan fingerprint density at radius 3 is 2.89 bits per heavy atom. The molecule has 0 aliphatic heterocycles. The minimum absolute atomic E-state index is 0.0524. The third-order valence-corrected chi connectivity index (χ3v) is 2.48. The number of carbonyl (C=O) groups excluding carboxylic acids is 1. The van der Waals surface area contributed by atoms with Gasteiger partial charge >= 0.3 is 0 Å². The molecule has 1 aromatic heterocycles. The minimum atomic E-state index is -0.538. The Bertz CT molecular complexity index is 578. The van der Waals surface area contributed by atoms with E-state index in [4.69, 9.17) is 16.3 Å². The van der Waals surface area contributed by atoms with E-state index < -0.39 is 5.82 Å². The highest BCUT2D eigenvalue weighted by Gasteiger charge is 2.06. The van der Waals surface area contributed by atoms with Gasteiger partial charge in [0.15, 0.2) is 6.61 Å². The van der Waals surface area contributed by atoms with Crippen LogP contribution in [0.5, 0.6) is 5.88 Å². The van der Waals surface area contributed by atoms with E-state index in [1.54, 1.807) is 24.4 Å². The number of rotatable bonds is 4. The molecule has 0 aliphatic rings. The molecule has 4 nitrogen and oxygen atoms in total. The van der Waals surface area contributed by atoms with E-state index in [0.717, 1.165) is 0 Å². The summed E-state index contributed by atoms with van der Waals surface area (Å²) in [6.07, 6.45) is 1.56. The van der Waals surface area contributed by atoms with E-state index in [2.05, 4.69) is 10.3 Å². The summed E-state index contributed by atoms with van der Waals surface area (Å²) in [7, 11) is 0. The quantitative estimate of drug-likeness (QED) is 0.937. The van der Waals surface area contributed by atoms with Crippen LogP contribution in [0.15, 0.2) is 42.6 Å². The van der Waals surface area contributed by atoms with Crippen molar-refractivity contribution in [3.63, 3.8) is 0 Å². The number of pyridine rings is 1. The monoisotopic (exact) mass is 280 g/mol. The number of hydrogen-bond acceptors (Lipinski definition) is 3. The standard InChI is InChI=1S/C13H10ClFN2O2/c14-10-7-9(4-5-11(10)15)17-12(18)8-19-13-3-1-2-6-16-13/h1-7H,8H2,(H,17,18). The highest BCUT2D eigenvalue weighted by atomic mass is 35.5. The summed E-state index contributed by atoms with van der Waals surface area (Å²) in [6.45, 7) is -0.188. The molecular weight excluding hydrogens is 271 g/mol. The van der Waals surface area contributed by atoms with Crippen LogP contribution in [0.25, 0.3) is 0 Å². The van der Waals surface area contributed by atoms with Crippen LogP contribution in [-0.4, -0.2) is 17.5 Å². The topological polar surface area (TPSA) is 51.2 Å². The minimum Gasteiger partial charge on any atom is -0.468 e. The van der Waals surface area contributed by atoms with Crippen molar-refractivity contribution in [3.8, 4) is 5.88 Å². The summed E-state index contributed by atoms with van der Waals surface area (Å²) in [5, 5.41) is 2.49. The van der Waals surface area contributed by atoms with E-state index in [9.17, 15) is 9.18 Å². The lowest BCUT2D eigenvalue weighted by atomic mass is 10.3. The van der Waals surface area contributed by atoms with Gasteiger partial charge in [-0.25, -0.2) is 9.37 Å². The number of anilines is 1. The Kier molecular flexibility index (Phi) is 4.30. The van der Waals surface area contributed by atoms with Crippen molar-refractivity contribution in [2.75, 3.05) is 11.9 Å². The zero-order chi connectivity index (χ0) is 13.7. The molecule has 0 bridgehead atoms. The average molecular weight is 281 g/mol. The van der Waals surface area contributed by atoms with Crippen molar-refractivity contribution in [1.29, 1.82) is 0 Å². The molecule has 2 aromatic rings. The molecule has 1 amide bonds. The lowest BCUT2D eigenvalue weighted by Gasteiger charge is -2.07. The third-order valence-electron chi connectivity index (χ3n) is 2.19. The summed E-state index contributed by atoms with van der Waals surface area (Å²) in [5.41, 5.74) is 0.404. The second kappa shape index (κ2) is 6.15. The number of nitrogens with zero attached hydrogens (tertiary/aromatic N) is 1. The molecular formula is C13H10ClFN2O2. The lowest BCUT2D eigenvalue weighted by molar-refractivity contribution is -0.118. The first-order chi connectivity index (χ1) is 9.15. The molecule has 1 heterocycles. The van der Waals surface area contributed by atoms with Gasteiger partial charge in [-0.3, -0.25) is 4.79 Å². The molecule has 6 heteroatoms. The normalized spacial score (nSPS) is 10.0. The van der Waals surface area contributed by atoms with E-state index >= 15 is 0 Å².